The van der Waals surface area contributed by atoms with E-state index in [-0.39, 0.29) is 11.9 Å². The second-order valence-corrected chi connectivity index (χ2v) is 7.37. The molecule has 1 unspecified atom stereocenters. The number of aromatic nitrogens is 2. The van der Waals surface area contributed by atoms with Crippen molar-refractivity contribution in [2.75, 3.05) is 19.6 Å². The first-order valence-corrected chi connectivity index (χ1v) is 9.15. The monoisotopic (exact) mass is 318 g/mol. The fraction of sp³-hybridized carbons (Fsp3) is 0.778. The van der Waals surface area contributed by atoms with E-state index in [9.17, 15) is 4.79 Å². The standard InChI is InChI=1S/C18H30N4O/c1-14-11-17(20-21(14)2)18(23)19-16-9-6-10-22(13-16)12-15-7-4-3-5-8-15/h11,15-16H,3-10,12-13H2,1-2H3,(H,19,23). The maximum absolute atomic E-state index is 12.4. The smallest absolute Gasteiger partial charge is 0.272 e. The number of carbonyl (C=O) groups is 1. The van der Waals surface area contributed by atoms with E-state index in [1.807, 2.05) is 20.0 Å². The van der Waals surface area contributed by atoms with Gasteiger partial charge < -0.3 is 10.2 Å². The number of nitrogens with zero attached hydrogens (tertiary/aromatic N) is 3. The molecule has 128 valence electrons. The predicted molar refractivity (Wildman–Crippen MR) is 91.4 cm³/mol. The minimum atomic E-state index is -0.0294. The normalized spacial score (nSPS) is 23.8. The lowest BCUT2D eigenvalue weighted by Gasteiger charge is -2.36. The largest absolute Gasteiger partial charge is 0.347 e. The van der Waals surface area contributed by atoms with Crippen LogP contribution >= 0.6 is 0 Å². The van der Waals surface area contributed by atoms with Crippen molar-refractivity contribution in [1.29, 1.82) is 0 Å². The van der Waals surface area contributed by atoms with Gasteiger partial charge in [0.1, 0.15) is 5.69 Å². The summed E-state index contributed by atoms with van der Waals surface area (Å²) >= 11 is 0. The number of rotatable bonds is 4. The second-order valence-electron chi connectivity index (χ2n) is 7.37. The van der Waals surface area contributed by atoms with Crippen LogP contribution in [0.1, 0.15) is 61.1 Å². The van der Waals surface area contributed by atoms with Gasteiger partial charge in [-0.2, -0.15) is 5.10 Å². The van der Waals surface area contributed by atoms with E-state index >= 15 is 0 Å². The van der Waals surface area contributed by atoms with Gasteiger partial charge in [-0.05, 0) is 51.1 Å². The lowest BCUT2D eigenvalue weighted by molar-refractivity contribution is 0.0884. The molecule has 5 nitrogen and oxygen atoms in total. The molecule has 2 fully saturated rings. The molecule has 1 saturated heterocycles. The van der Waals surface area contributed by atoms with Crippen LogP contribution in [0.5, 0.6) is 0 Å². The van der Waals surface area contributed by atoms with Gasteiger partial charge in [-0.25, -0.2) is 0 Å². The van der Waals surface area contributed by atoms with Crippen molar-refractivity contribution in [2.45, 2.75) is 57.9 Å². The summed E-state index contributed by atoms with van der Waals surface area (Å²) in [7, 11) is 1.87. The molecule has 2 aliphatic rings. The Bertz CT molecular complexity index is 514. The van der Waals surface area contributed by atoms with E-state index in [2.05, 4.69) is 15.3 Å². The number of aryl methyl sites for hydroxylation is 2. The van der Waals surface area contributed by atoms with Crippen LogP contribution in [-0.4, -0.2) is 46.3 Å². The summed E-state index contributed by atoms with van der Waals surface area (Å²) in [5, 5.41) is 7.47. The highest BCUT2D eigenvalue weighted by atomic mass is 16.2. The van der Waals surface area contributed by atoms with Crippen molar-refractivity contribution >= 4 is 5.91 Å². The van der Waals surface area contributed by atoms with Gasteiger partial charge in [-0.1, -0.05) is 19.3 Å². The third kappa shape index (κ3) is 4.34. The summed E-state index contributed by atoms with van der Waals surface area (Å²) in [4.78, 5) is 14.9. The number of hydrogen-bond donors (Lipinski definition) is 1. The first-order chi connectivity index (χ1) is 11.1. The fourth-order valence-corrected chi connectivity index (χ4v) is 4.00. The molecule has 1 aromatic heterocycles. The van der Waals surface area contributed by atoms with E-state index in [0.717, 1.165) is 24.6 Å². The van der Waals surface area contributed by atoms with Gasteiger partial charge in [0.2, 0.25) is 0 Å². The van der Waals surface area contributed by atoms with Crippen LogP contribution in [0, 0.1) is 12.8 Å². The lowest BCUT2D eigenvalue weighted by atomic mass is 9.88. The number of likely N-dealkylation sites (tertiary alicyclic amines) is 1. The highest BCUT2D eigenvalue weighted by Crippen LogP contribution is 2.25. The summed E-state index contributed by atoms with van der Waals surface area (Å²) in [6, 6.07) is 2.12. The average molecular weight is 318 g/mol. The van der Waals surface area contributed by atoms with E-state index < -0.39 is 0 Å². The first-order valence-electron chi connectivity index (χ1n) is 9.15. The third-order valence-corrected chi connectivity index (χ3v) is 5.43. The number of amides is 1. The molecule has 1 N–H and O–H groups in total. The van der Waals surface area contributed by atoms with Crippen molar-refractivity contribution in [1.82, 2.24) is 20.0 Å². The van der Waals surface area contributed by atoms with Crippen LogP contribution in [0.2, 0.25) is 0 Å². The lowest BCUT2D eigenvalue weighted by Crippen LogP contribution is -2.49. The van der Waals surface area contributed by atoms with Gasteiger partial charge in [0.25, 0.3) is 5.91 Å². The highest BCUT2D eigenvalue weighted by molar-refractivity contribution is 5.92. The Kier molecular flexibility index (Phi) is 5.36. The van der Waals surface area contributed by atoms with Crippen molar-refractivity contribution in [3.63, 3.8) is 0 Å². The number of piperidine rings is 1. The van der Waals surface area contributed by atoms with E-state index in [1.165, 1.54) is 51.6 Å². The zero-order chi connectivity index (χ0) is 16.2. The van der Waals surface area contributed by atoms with Crippen LogP contribution in [0.25, 0.3) is 0 Å². The molecule has 0 aromatic carbocycles. The number of carbonyl (C=O) groups excluding carboxylic acids is 1. The predicted octanol–water partition coefficient (Wildman–Crippen LogP) is 2.50. The maximum atomic E-state index is 12.4. The molecule has 1 atom stereocenters. The molecule has 0 spiro atoms. The Morgan fingerprint density at radius 3 is 2.74 bits per heavy atom. The molecule has 5 heteroatoms. The molecular weight excluding hydrogens is 288 g/mol. The average Bonchev–Trinajstić information content (AvgIpc) is 2.88. The summed E-state index contributed by atoms with van der Waals surface area (Å²) in [6.07, 6.45) is 9.26. The Balaban J connectivity index is 1.50. The highest BCUT2D eigenvalue weighted by Gasteiger charge is 2.25. The Hall–Kier alpha value is -1.36. The SMILES string of the molecule is Cc1cc(C(=O)NC2CCCN(CC3CCCCC3)C2)nn1C. The van der Waals surface area contributed by atoms with Gasteiger partial charge in [-0.15, -0.1) is 0 Å². The molecule has 23 heavy (non-hydrogen) atoms. The molecule has 1 aliphatic carbocycles. The molecule has 1 saturated carbocycles. The zero-order valence-electron chi connectivity index (χ0n) is 14.6. The van der Waals surface area contributed by atoms with E-state index in [0.29, 0.717) is 5.69 Å². The van der Waals surface area contributed by atoms with Crippen LogP contribution < -0.4 is 5.32 Å². The Morgan fingerprint density at radius 1 is 1.26 bits per heavy atom. The molecular formula is C18H30N4O. The molecule has 0 bridgehead atoms. The van der Waals surface area contributed by atoms with Gasteiger partial charge >= 0.3 is 0 Å². The zero-order valence-corrected chi connectivity index (χ0v) is 14.6. The van der Waals surface area contributed by atoms with Crippen LogP contribution in [-0.2, 0) is 7.05 Å². The Labute approximate surface area is 139 Å². The topological polar surface area (TPSA) is 50.2 Å². The van der Waals surface area contributed by atoms with Gasteiger partial charge in [-0.3, -0.25) is 9.48 Å². The molecule has 1 aliphatic heterocycles. The molecule has 3 rings (SSSR count). The van der Waals surface area contributed by atoms with Crippen LogP contribution in [0.4, 0.5) is 0 Å². The van der Waals surface area contributed by atoms with Crippen molar-refractivity contribution in [3.05, 3.63) is 17.5 Å². The first kappa shape index (κ1) is 16.5. The molecule has 0 radical (unpaired) electrons. The Morgan fingerprint density at radius 2 is 2.04 bits per heavy atom. The minimum absolute atomic E-state index is 0.0294. The van der Waals surface area contributed by atoms with Crippen LogP contribution in [0.3, 0.4) is 0 Å². The minimum Gasteiger partial charge on any atom is -0.347 e. The van der Waals surface area contributed by atoms with Gasteiger partial charge in [0.05, 0.1) is 0 Å². The maximum Gasteiger partial charge on any atom is 0.272 e. The second kappa shape index (κ2) is 7.47. The van der Waals surface area contributed by atoms with Crippen molar-refractivity contribution in [2.24, 2.45) is 13.0 Å². The van der Waals surface area contributed by atoms with Crippen molar-refractivity contribution in [3.8, 4) is 0 Å². The van der Waals surface area contributed by atoms with Crippen LogP contribution in [0.15, 0.2) is 6.07 Å². The molecule has 1 aromatic rings. The number of nitrogens with one attached hydrogen (secondary N) is 1. The third-order valence-electron chi connectivity index (χ3n) is 5.43. The van der Waals surface area contributed by atoms with Crippen molar-refractivity contribution < 1.29 is 4.79 Å². The fourth-order valence-electron chi connectivity index (χ4n) is 4.00. The number of hydrogen-bond acceptors (Lipinski definition) is 3. The molecule has 2 heterocycles. The van der Waals surface area contributed by atoms with E-state index in [4.69, 9.17) is 0 Å². The quantitative estimate of drug-likeness (QED) is 0.928. The summed E-state index contributed by atoms with van der Waals surface area (Å²) < 4.78 is 1.76. The van der Waals surface area contributed by atoms with Gasteiger partial charge in [0, 0.05) is 31.9 Å². The van der Waals surface area contributed by atoms with E-state index in [1.54, 1.807) is 4.68 Å². The summed E-state index contributed by atoms with van der Waals surface area (Å²) in [5.74, 6) is 0.842. The summed E-state index contributed by atoms with van der Waals surface area (Å²) in [6.45, 7) is 5.37. The van der Waals surface area contributed by atoms with Gasteiger partial charge in [0.15, 0.2) is 0 Å². The summed E-state index contributed by atoms with van der Waals surface area (Å²) in [5.41, 5.74) is 1.55. The molecule has 1 amide bonds.